The van der Waals surface area contributed by atoms with Crippen molar-refractivity contribution in [1.82, 2.24) is 9.80 Å². The van der Waals surface area contributed by atoms with Gasteiger partial charge in [-0.25, -0.2) is 0 Å². The summed E-state index contributed by atoms with van der Waals surface area (Å²) < 4.78 is 5.78. The highest BCUT2D eigenvalue weighted by atomic mass is 16.5. The summed E-state index contributed by atoms with van der Waals surface area (Å²) in [5.41, 5.74) is 0. The molecule has 4 nitrogen and oxygen atoms in total. The smallest absolute Gasteiger partial charge is 0.228 e. The number of likely N-dealkylation sites (N-methyl/N-ethyl adjacent to an activating group) is 1. The fraction of sp³-hybridized carbons (Fsp3) is 0.947. The number of hydrogen-bond acceptors (Lipinski definition) is 3. The molecule has 0 aromatic rings. The van der Waals surface area contributed by atoms with Crippen LogP contribution in [0.5, 0.6) is 0 Å². The highest BCUT2D eigenvalue weighted by Crippen LogP contribution is 2.43. The van der Waals surface area contributed by atoms with Crippen LogP contribution in [0.1, 0.15) is 41.5 Å². The zero-order chi connectivity index (χ0) is 17.7. The van der Waals surface area contributed by atoms with Crippen molar-refractivity contribution >= 4 is 5.91 Å². The zero-order valence-corrected chi connectivity index (χ0v) is 16.5. The molecular weight excluding hydrogens is 288 g/mol. The van der Waals surface area contributed by atoms with Gasteiger partial charge in [0.1, 0.15) is 0 Å². The van der Waals surface area contributed by atoms with E-state index in [1.54, 1.807) is 7.11 Å². The fourth-order valence-corrected chi connectivity index (χ4v) is 4.17. The molecule has 4 heteroatoms. The number of carbonyl (C=O) groups is 1. The molecule has 1 saturated carbocycles. The monoisotopic (exact) mass is 326 g/mol. The molecule has 136 valence electrons. The van der Waals surface area contributed by atoms with Gasteiger partial charge in [0.05, 0.1) is 12.0 Å². The largest absolute Gasteiger partial charge is 0.380 e. The van der Waals surface area contributed by atoms with Crippen LogP contribution in [-0.2, 0) is 9.53 Å². The van der Waals surface area contributed by atoms with E-state index in [4.69, 9.17) is 4.74 Å². The van der Waals surface area contributed by atoms with E-state index in [9.17, 15) is 4.79 Å². The molecule has 0 spiro atoms. The summed E-state index contributed by atoms with van der Waals surface area (Å²) in [6.07, 6.45) is 0.0540. The van der Waals surface area contributed by atoms with Crippen molar-refractivity contribution in [3.05, 3.63) is 0 Å². The quantitative estimate of drug-likeness (QED) is 0.782. The van der Waals surface area contributed by atoms with E-state index in [0.717, 1.165) is 26.2 Å². The van der Waals surface area contributed by atoms with Crippen molar-refractivity contribution in [1.29, 1.82) is 0 Å². The fourth-order valence-electron chi connectivity index (χ4n) is 4.17. The number of amides is 1. The van der Waals surface area contributed by atoms with Crippen LogP contribution in [0.4, 0.5) is 0 Å². The van der Waals surface area contributed by atoms with Crippen molar-refractivity contribution < 1.29 is 9.53 Å². The molecule has 0 aromatic heterocycles. The van der Waals surface area contributed by atoms with Crippen LogP contribution in [-0.4, -0.2) is 62.1 Å². The maximum Gasteiger partial charge on any atom is 0.228 e. The van der Waals surface area contributed by atoms with Gasteiger partial charge in [0.2, 0.25) is 5.91 Å². The Kier molecular flexibility index (Phi) is 8.02. The van der Waals surface area contributed by atoms with Crippen LogP contribution >= 0.6 is 0 Å². The normalized spacial score (nSPS) is 38.7. The summed E-state index contributed by atoms with van der Waals surface area (Å²) in [5.74, 6) is 2.30. The Morgan fingerprint density at radius 1 is 0.870 bits per heavy atom. The van der Waals surface area contributed by atoms with Gasteiger partial charge in [-0.15, -0.1) is 0 Å². The molecule has 1 heterocycles. The molecule has 1 amide bonds. The molecule has 2 aliphatic rings. The Morgan fingerprint density at radius 2 is 1.35 bits per heavy atom. The highest BCUT2D eigenvalue weighted by molar-refractivity contribution is 5.80. The van der Waals surface area contributed by atoms with Crippen LogP contribution in [0.15, 0.2) is 0 Å². The third-order valence-electron chi connectivity index (χ3n) is 6.30. The molecular formula is C19H38N2O2. The SMILES string of the molecule is CC.COC1C(C)C(C)C(C)C(C)C1C(=O)N1CCN(C)CC1. The second kappa shape index (κ2) is 9.03. The maximum absolute atomic E-state index is 13.1. The van der Waals surface area contributed by atoms with Gasteiger partial charge in [-0.1, -0.05) is 41.5 Å². The summed E-state index contributed by atoms with van der Waals surface area (Å²) >= 11 is 0. The van der Waals surface area contributed by atoms with Crippen molar-refractivity contribution in [2.45, 2.75) is 47.6 Å². The van der Waals surface area contributed by atoms with Crippen molar-refractivity contribution in [3.63, 3.8) is 0 Å². The summed E-state index contributed by atoms with van der Waals surface area (Å²) in [5, 5.41) is 0. The molecule has 1 aliphatic carbocycles. The first-order valence-corrected chi connectivity index (χ1v) is 9.38. The number of piperazine rings is 1. The van der Waals surface area contributed by atoms with Crippen molar-refractivity contribution in [2.75, 3.05) is 40.3 Å². The molecule has 23 heavy (non-hydrogen) atoms. The van der Waals surface area contributed by atoms with Gasteiger partial charge in [-0.3, -0.25) is 4.79 Å². The van der Waals surface area contributed by atoms with Gasteiger partial charge in [0.25, 0.3) is 0 Å². The van der Waals surface area contributed by atoms with Gasteiger partial charge >= 0.3 is 0 Å². The lowest BCUT2D eigenvalue weighted by molar-refractivity contribution is -0.156. The Hall–Kier alpha value is -0.610. The second-order valence-corrected chi connectivity index (χ2v) is 7.29. The topological polar surface area (TPSA) is 32.8 Å². The summed E-state index contributed by atoms with van der Waals surface area (Å²) in [4.78, 5) is 17.4. The number of rotatable bonds is 2. The highest BCUT2D eigenvalue weighted by Gasteiger charge is 2.48. The molecule has 1 saturated heterocycles. The number of ether oxygens (including phenoxy) is 1. The summed E-state index contributed by atoms with van der Waals surface area (Å²) in [6, 6.07) is 0. The number of carbonyl (C=O) groups excluding carboxylic acids is 1. The van der Waals surface area contributed by atoms with E-state index in [2.05, 4.69) is 44.5 Å². The molecule has 0 aromatic carbocycles. The third kappa shape index (κ3) is 4.27. The number of hydrogen-bond donors (Lipinski definition) is 0. The van der Waals surface area contributed by atoms with Crippen LogP contribution < -0.4 is 0 Å². The maximum atomic E-state index is 13.1. The Balaban J connectivity index is 0.00000127. The van der Waals surface area contributed by atoms with E-state index < -0.39 is 0 Å². The van der Waals surface area contributed by atoms with E-state index in [1.807, 2.05) is 13.8 Å². The molecule has 0 N–H and O–H groups in total. The van der Waals surface area contributed by atoms with Gasteiger partial charge < -0.3 is 14.5 Å². The summed E-state index contributed by atoms with van der Waals surface area (Å²) in [6.45, 7) is 16.7. The molecule has 2 rings (SSSR count). The molecule has 2 fully saturated rings. The first kappa shape index (κ1) is 20.4. The third-order valence-corrected chi connectivity index (χ3v) is 6.30. The lowest BCUT2D eigenvalue weighted by atomic mass is 9.62. The Morgan fingerprint density at radius 3 is 1.83 bits per heavy atom. The van der Waals surface area contributed by atoms with E-state index in [1.165, 1.54) is 0 Å². The van der Waals surface area contributed by atoms with Crippen LogP contribution in [0, 0.1) is 29.6 Å². The minimum Gasteiger partial charge on any atom is -0.380 e. The minimum atomic E-state index is 0.0135. The van der Waals surface area contributed by atoms with Gasteiger partial charge in [0, 0.05) is 33.3 Å². The van der Waals surface area contributed by atoms with Gasteiger partial charge in [-0.05, 0) is 30.7 Å². The lowest BCUT2D eigenvalue weighted by Gasteiger charge is -2.48. The first-order chi connectivity index (χ1) is 10.9. The van der Waals surface area contributed by atoms with Crippen LogP contribution in [0.3, 0.4) is 0 Å². The number of methoxy groups -OCH3 is 1. The molecule has 6 atom stereocenters. The molecule has 0 bridgehead atoms. The minimum absolute atomic E-state index is 0.0135. The zero-order valence-electron chi connectivity index (χ0n) is 16.5. The van der Waals surface area contributed by atoms with E-state index in [0.29, 0.717) is 29.6 Å². The lowest BCUT2D eigenvalue weighted by Crippen LogP contribution is -2.56. The van der Waals surface area contributed by atoms with Gasteiger partial charge in [-0.2, -0.15) is 0 Å². The van der Waals surface area contributed by atoms with Gasteiger partial charge in [0.15, 0.2) is 0 Å². The Bertz CT molecular complexity index is 366. The predicted molar refractivity (Wildman–Crippen MR) is 96.4 cm³/mol. The average molecular weight is 327 g/mol. The van der Waals surface area contributed by atoms with E-state index >= 15 is 0 Å². The average Bonchev–Trinajstić information content (AvgIpc) is 2.58. The second-order valence-electron chi connectivity index (χ2n) is 7.29. The molecule has 0 radical (unpaired) electrons. The van der Waals surface area contributed by atoms with Crippen molar-refractivity contribution in [2.24, 2.45) is 29.6 Å². The summed E-state index contributed by atoms with van der Waals surface area (Å²) in [7, 11) is 3.88. The molecule has 6 unspecified atom stereocenters. The number of nitrogens with zero attached hydrogens (tertiary/aromatic N) is 2. The predicted octanol–water partition coefficient (Wildman–Crippen LogP) is 2.98. The van der Waals surface area contributed by atoms with Crippen molar-refractivity contribution in [3.8, 4) is 0 Å². The Labute approximate surface area is 143 Å². The molecule has 1 aliphatic heterocycles. The van der Waals surface area contributed by atoms with Crippen LogP contribution in [0.25, 0.3) is 0 Å². The standard InChI is InChI=1S/C17H32N2O2.C2H6/c1-11-12(2)14(4)16(21-6)15(13(11)3)17(20)19-9-7-18(5)8-10-19;1-2/h11-16H,7-10H2,1-6H3;1-2H3. The van der Waals surface area contributed by atoms with E-state index in [-0.39, 0.29) is 12.0 Å². The first-order valence-electron chi connectivity index (χ1n) is 9.38. The van der Waals surface area contributed by atoms with Crippen LogP contribution in [0.2, 0.25) is 0 Å².